The molecule has 6 nitrogen and oxygen atoms in total. The highest BCUT2D eigenvalue weighted by Gasteiger charge is 2.32. The molecule has 3 aromatic rings. The Morgan fingerprint density at radius 1 is 1.10 bits per heavy atom. The number of rotatable bonds is 4. The third kappa shape index (κ3) is 3.83. The van der Waals surface area contributed by atoms with Gasteiger partial charge in [-0.2, -0.15) is 0 Å². The lowest BCUT2D eigenvalue weighted by Crippen LogP contribution is -2.28. The third-order valence-corrected chi connectivity index (χ3v) is 4.91. The highest BCUT2D eigenvalue weighted by molar-refractivity contribution is 5.98. The molecule has 1 aliphatic heterocycles. The third-order valence-electron chi connectivity index (χ3n) is 4.91. The number of hydrogen-bond acceptors (Lipinski definition) is 5. The molecule has 0 radical (unpaired) electrons. The lowest BCUT2D eigenvalue weighted by atomic mass is 9.90. The van der Waals surface area contributed by atoms with Crippen LogP contribution in [0.3, 0.4) is 0 Å². The molecule has 156 valence electrons. The van der Waals surface area contributed by atoms with E-state index in [-0.39, 0.29) is 0 Å². The van der Waals surface area contributed by atoms with Crippen LogP contribution in [0.25, 0.3) is 22.0 Å². The minimum Gasteiger partial charge on any atom is -0.486 e. The fraction of sp³-hybridized carbons (Fsp3) is 0.333. The standard InChI is InChI=1S/C24H25NO5/c1-14-20(22(23(26)27)30-24(2,3)4)21(16-7-5-6-8-17(16)25-14)15-9-10-18-19(13-15)29-12-11-28-18/h5-10,13,22H,11-12H2,1-4H3,(H,26,27). The van der Waals surface area contributed by atoms with Gasteiger partial charge in [-0.25, -0.2) is 4.79 Å². The molecule has 4 rings (SSSR count). The van der Waals surface area contributed by atoms with Gasteiger partial charge in [0.05, 0.1) is 11.1 Å². The van der Waals surface area contributed by atoms with Crippen molar-refractivity contribution in [2.75, 3.05) is 13.2 Å². The highest BCUT2D eigenvalue weighted by Crippen LogP contribution is 2.42. The topological polar surface area (TPSA) is 77.9 Å². The lowest BCUT2D eigenvalue weighted by molar-refractivity contribution is -0.160. The molecule has 1 aliphatic rings. The van der Waals surface area contributed by atoms with Gasteiger partial charge in [0.1, 0.15) is 13.2 Å². The summed E-state index contributed by atoms with van der Waals surface area (Å²) in [4.78, 5) is 17.0. The molecular formula is C24H25NO5. The smallest absolute Gasteiger partial charge is 0.337 e. The number of carboxylic acids is 1. The van der Waals surface area contributed by atoms with Crippen LogP contribution in [-0.4, -0.2) is 34.9 Å². The molecule has 0 fully saturated rings. The maximum absolute atomic E-state index is 12.3. The number of carbonyl (C=O) groups is 1. The molecule has 30 heavy (non-hydrogen) atoms. The van der Waals surface area contributed by atoms with Gasteiger partial charge in [-0.3, -0.25) is 4.98 Å². The predicted octanol–water partition coefficient (Wildman–Crippen LogP) is 4.92. The number of aromatic nitrogens is 1. The molecular weight excluding hydrogens is 382 g/mol. The summed E-state index contributed by atoms with van der Waals surface area (Å²) in [5.74, 6) is 0.276. The van der Waals surface area contributed by atoms with Crippen molar-refractivity contribution in [3.63, 3.8) is 0 Å². The summed E-state index contributed by atoms with van der Waals surface area (Å²) in [6, 6.07) is 13.4. The maximum Gasteiger partial charge on any atom is 0.337 e. The summed E-state index contributed by atoms with van der Waals surface area (Å²) in [5, 5.41) is 10.9. The molecule has 0 amide bonds. The fourth-order valence-corrected chi connectivity index (χ4v) is 3.77. The first-order chi connectivity index (χ1) is 14.2. The second kappa shape index (κ2) is 7.61. The van der Waals surface area contributed by atoms with Crippen molar-refractivity contribution in [2.45, 2.75) is 39.4 Å². The summed E-state index contributed by atoms with van der Waals surface area (Å²) in [6.07, 6.45) is -1.16. The predicted molar refractivity (Wildman–Crippen MR) is 114 cm³/mol. The van der Waals surface area contributed by atoms with E-state index in [1.54, 1.807) is 0 Å². The molecule has 0 saturated heterocycles. The van der Waals surface area contributed by atoms with Crippen LogP contribution in [-0.2, 0) is 9.53 Å². The SMILES string of the molecule is Cc1nc2ccccc2c(-c2ccc3c(c2)OCCO3)c1C(OC(C)(C)C)C(=O)O. The number of pyridine rings is 1. The molecule has 0 aliphatic carbocycles. The Morgan fingerprint density at radius 3 is 2.50 bits per heavy atom. The number of benzene rings is 2. The van der Waals surface area contributed by atoms with Crippen molar-refractivity contribution in [1.29, 1.82) is 0 Å². The number of hydrogen-bond donors (Lipinski definition) is 1. The number of fused-ring (bicyclic) bond motifs is 2. The summed E-state index contributed by atoms with van der Waals surface area (Å²) < 4.78 is 17.4. The quantitative estimate of drug-likeness (QED) is 0.661. The monoisotopic (exact) mass is 407 g/mol. The molecule has 1 atom stereocenters. The van der Waals surface area contributed by atoms with Crippen LogP contribution in [0.15, 0.2) is 42.5 Å². The maximum atomic E-state index is 12.3. The first kappa shape index (κ1) is 20.2. The van der Waals surface area contributed by atoms with Crippen molar-refractivity contribution < 1.29 is 24.1 Å². The van der Waals surface area contributed by atoms with Gasteiger partial charge in [-0.05, 0) is 57.0 Å². The van der Waals surface area contributed by atoms with Gasteiger partial charge >= 0.3 is 5.97 Å². The van der Waals surface area contributed by atoms with Crippen LogP contribution in [0.1, 0.15) is 38.1 Å². The number of para-hydroxylation sites is 1. The van der Waals surface area contributed by atoms with Crippen molar-refractivity contribution >= 4 is 16.9 Å². The zero-order valence-electron chi connectivity index (χ0n) is 17.6. The molecule has 1 N–H and O–H groups in total. The molecule has 2 heterocycles. The summed E-state index contributed by atoms with van der Waals surface area (Å²) >= 11 is 0. The molecule has 0 bridgehead atoms. The van der Waals surface area contributed by atoms with E-state index in [4.69, 9.17) is 14.2 Å². The molecule has 1 unspecified atom stereocenters. The van der Waals surface area contributed by atoms with Crippen LogP contribution in [0.2, 0.25) is 0 Å². The Morgan fingerprint density at radius 2 is 1.80 bits per heavy atom. The number of ether oxygens (including phenoxy) is 3. The molecule has 0 saturated carbocycles. The van der Waals surface area contributed by atoms with E-state index < -0.39 is 17.7 Å². The van der Waals surface area contributed by atoms with Gasteiger partial charge in [0, 0.05) is 16.6 Å². The second-order valence-electron chi connectivity index (χ2n) is 8.31. The second-order valence-corrected chi connectivity index (χ2v) is 8.31. The first-order valence-corrected chi connectivity index (χ1v) is 9.94. The first-order valence-electron chi connectivity index (χ1n) is 9.94. The number of carboxylic acid groups (broad SMARTS) is 1. The van der Waals surface area contributed by atoms with Gasteiger partial charge in [0.2, 0.25) is 0 Å². The van der Waals surface area contributed by atoms with E-state index in [1.807, 2.05) is 70.2 Å². The van der Waals surface area contributed by atoms with E-state index >= 15 is 0 Å². The van der Waals surface area contributed by atoms with Crippen molar-refractivity contribution in [2.24, 2.45) is 0 Å². The van der Waals surface area contributed by atoms with Crippen LogP contribution >= 0.6 is 0 Å². The van der Waals surface area contributed by atoms with E-state index in [1.165, 1.54) is 0 Å². The molecule has 0 spiro atoms. The van der Waals surface area contributed by atoms with Gasteiger partial charge in [-0.15, -0.1) is 0 Å². The lowest BCUT2D eigenvalue weighted by Gasteiger charge is -2.28. The van der Waals surface area contributed by atoms with Crippen molar-refractivity contribution in [3.8, 4) is 22.6 Å². The fourth-order valence-electron chi connectivity index (χ4n) is 3.77. The van der Waals surface area contributed by atoms with Crippen LogP contribution in [0.5, 0.6) is 11.5 Å². The molecule has 6 heteroatoms. The Labute approximate surface area is 175 Å². The van der Waals surface area contributed by atoms with Crippen LogP contribution in [0.4, 0.5) is 0 Å². The van der Waals surface area contributed by atoms with Crippen molar-refractivity contribution in [3.05, 3.63) is 53.7 Å². The average Bonchev–Trinajstić information content (AvgIpc) is 2.70. The summed E-state index contributed by atoms with van der Waals surface area (Å²) in [6.45, 7) is 8.34. The van der Waals surface area contributed by atoms with Crippen LogP contribution < -0.4 is 9.47 Å². The van der Waals surface area contributed by atoms with Gasteiger partial charge in [-0.1, -0.05) is 24.3 Å². The van der Waals surface area contributed by atoms with E-state index in [9.17, 15) is 9.90 Å². The molecule has 1 aromatic heterocycles. The van der Waals surface area contributed by atoms with Crippen LogP contribution in [0, 0.1) is 6.92 Å². The average molecular weight is 407 g/mol. The summed E-state index contributed by atoms with van der Waals surface area (Å²) in [7, 11) is 0. The number of nitrogens with zero attached hydrogens (tertiary/aromatic N) is 1. The minimum atomic E-state index is -1.16. The Hall–Kier alpha value is -3.12. The van der Waals surface area contributed by atoms with E-state index in [0.29, 0.717) is 36.0 Å². The zero-order chi connectivity index (χ0) is 21.5. The molecule has 2 aromatic carbocycles. The van der Waals surface area contributed by atoms with Gasteiger partial charge in [0.25, 0.3) is 0 Å². The zero-order valence-corrected chi connectivity index (χ0v) is 17.6. The van der Waals surface area contributed by atoms with Gasteiger partial charge in [0.15, 0.2) is 17.6 Å². The Kier molecular flexibility index (Phi) is 5.12. The number of aliphatic carboxylic acids is 1. The highest BCUT2D eigenvalue weighted by atomic mass is 16.6. The Bertz CT molecular complexity index is 1120. The van der Waals surface area contributed by atoms with E-state index in [2.05, 4.69) is 4.98 Å². The summed E-state index contributed by atoms with van der Waals surface area (Å²) in [5.41, 5.74) is 2.93. The van der Waals surface area contributed by atoms with E-state index in [0.717, 1.165) is 22.0 Å². The normalized spacial score (nSPS) is 14.5. The number of aryl methyl sites for hydroxylation is 1. The van der Waals surface area contributed by atoms with Gasteiger partial charge < -0.3 is 19.3 Å². The largest absolute Gasteiger partial charge is 0.486 e. The Balaban J connectivity index is 2.01. The minimum absolute atomic E-state index is 0.477. The van der Waals surface area contributed by atoms with Crippen molar-refractivity contribution in [1.82, 2.24) is 4.98 Å².